The molecule has 6 N–H and O–H groups in total. The Hall–Kier alpha value is -2.78. The fraction of sp³-hybridized carbons (Fsp3) is 0.333. The van der Waals surface area contributed by atoms with Crippen LogP contribution in [0.1, 0.15) is 34.3 Å². The molecule has 0 saturated carbocycles. The van der Waals surface area contributed by atoms with Gasteiger partial charge in [-0.05, 0) is 22.3 Å². The molecule has 1 amide bonds. The fourth-order valence-electron chi connectivity index (χ4n) is 2.40. The van der Waals surface area contributed by atoms with Crippen molar-refractivity contribution in [3.05, 3.63) is 70.8 Å². The Kier molecular flexibility index (Phi) is 10.6. The molecule has 0 bridgehead atoms. The normalized spacial score (nSPS) is 12.3. The van der Waals surface area contributed by atoms with Gasteiger partial charge in [-0.25, -0.2) is 0 Å². The summed E-state index contributed by atoms with van der Waals surface area (Å²) in [6, 6.07) is 13.2. The van der Waals surface area contributed by atoms with Gasteiger partial charge in [-0.1, -0.05) is 48.5 Å². The first-order chi connectivity index (χ1) is 13.8. The standard InChI is InChI=1S/C11H15NO3.C10H14N2O2/c1-14-7-8-3-5-9(6-4-8)10(12)11(13)15-2;1-14-6-7-2-4-8(5-3-7)9(11)10(12)13/h3-6,10H,7,12H2,1-2H3;2-5,9H,6,11H2,1H3,(H2,12,13). The Bertz CT molecular complexity index is 763. The van der Waals surface area contributed by atoms with Gasteiger partial charge in [-0.15, -0.1) is 0 Å². The van der Waals surface area contributed by atoms with Crippen LogP contribution in [-0.2, 0) is 37.0 Å². The highest BCUT2D eigenvalue weighted by Crippen LogP contribution is 2.13. The first-order valence-corrected chi connectivity index (χ1v) is 8.87. The van der Waals surface area contributed by atoms with Gasteiger partial charge in [-0.2, -0.15) is 0 Å². The lowest BCUT2D eigenvalue weighted by Crippen LogP contribution is -2.28. The van der Waals surface area contributed by atoms with Crippen LogP contribution in [0.25, 0.3) is 0 Å². The minimum absolute atomic E-state index is 0.436. The van der Waals surface area contributed by atoms with Crippen LogP contribution in [0.3, 0.4) is 0 Å². The van der Waals surface area contributed by atoms with Crippen LogP contribution in [0, 0.1) is 0 Å². The first kappa shape index (κ1) is 24.3. The molecule has 2 atom stereocenters. The van der Waals surface area contributed by atoms with Crippen molar-refractivity contribution in [3.63, 3.8) is 0 Å². The third kappa shape index (κ3) is 8.00. The molecule has 0 spiro atoms. The average Bonchev–Trinajstić information content (AvgIpc) is 2.74. The Morgan fingerprint density at radius 3 is 1.45 bits per heavy atom. The number of ether oxygens (including phenoxy) is 3. The number of benzene rings is 2. The van der Waals surface area contributed by atoms with Crippen molar-refractivity contribution in [2.75, 3.05) is 21.3 Å². The molecule has 0 aliphatic carbocycles. The lowest BCUT2D eigenvalue weighted by atomic mass is 10.1. The predicted molar refractivity (Wildman–Crippen MR) is 109 cm³/mol. The van der Waals surface area contributed by atoms with Crippen LogP contribution in [0.15, 0.2) is 48.5 Å². The van der Waals surface area contributed by atoms with E-state index >= 15 is 0 Å². The molecule has 0 fully saturated rings. The number of amides is 1. The van der Waals surface area contributed by atoms with Crippen molar-refractivity contribution in [1.29, 1.82) is 0 Å². The summed E-state index contributed by atoms with van der Waals surface area (Å²) in [7, 11) is 4.58. The van der Waals surface area contributed by atoms with Gasteiger partial charge < -0.3 is 31.4 Å². The van der Waals surface area contributed by atoms with E-state index in [2.05, 4.69) is 4.74 Å². The summed E-state index contributed by atoms with van der Waals surface area (Å²) < 4.78 is 14.5. The zero-order valence-electron chi connectivity index (χ0n) is 17.0. The van der Waals surface area contributed by atoms with Gasteiger partial charge in [0, 0.05) is 14.2 Å². The molecule has 0 heterocycles. The molecule has 2 unspecified atom stereocenters. The van der Waals surface area contributed by atoms with Gasteiger partial charge in [-0.3, -0.25) is 9.59 Å². The smallest absolute Gasteiger partial charge is 0.327 e. The molecule has 0 saturated heterocycles. The van der Waals surface area contributed by atoms with Crippen molar-refractivity contribution in [2.45, 2.75) is 25.3 Å². The highest BCUT2D eigenvalue weighted by atomic mass is 16.5. The molecular formula is C21H29N3O5. The van der Waals surface area contributed by atoms with Gasteiger partial charge in [0.1, 0.15) is 12.1 Å². The summed E-state index contributed by atoms with van der Waals surface area (Å²) in [5, 5.41) is 0. The second-order valence-corrected chi connectivity index (χ2v) is 6.23. The summed E-state index contributed by atoms with van der Waals surface area (Å²) in [6.45, 7) is 1.10. The van der Waals surface area contributed by atoms with Gasteiger partial charge in [0.2, 0.25) is 5.91 Å². The number of carbonyl (C=O) groups is 2. The van der Waals surface area contributed by atoms with E-state index < -0.39 is 24.0 Å². The Morgan fingerprint density at radius 2 is 1.14 bits per heavy atom. The molecule has 0 radical (unpaired) electrons. The molecule has 8 heteroatoms. The van der Waals surface area contributed by atoms with Crippen molar-refractivity contribution in [3.8, 4) is 0 Å². The van der Waals surface area contributed by atoms with Crippen molar-refractivity contribution < 1.29 is 23.8 Å². The van der Waals surface area contributed by atoms with E-state index in [1.54, 1.807) is 38.5 Å². The number of methoxy groups -OCH3 is 3. The molecule has 0 aliphatic rings. The topological polar surface area (TPSA) is 140 Å². The van der Waals surface area contributed by atoms with Crippen LogP contribution in [0.4, 0.5) is 0 Å². The van der Waals surface area contributed by atoms with Gasteiger partial charge >= 0.3 is 5.97 Å². The highest BCUT2D eigenvalue weighted by Gasteiger charge is 2.15. The van der Waals surface area contributed by atoms with E-state index in [1.807, 2.05) is 24.3 Å². The number of carbonyl (C=O) groups excluding carboxylic acids is 2. The molecule has 2 aromatic rings. The van der Waals surface area contributed by atoms with Crippen LogP contribution in [0.5, 0.6) is 0 Å². The Balaban J connectivity index is 0.000000291. The number of hydrogen-bond acceptors (Lipinski definition) is 7. The molecule has 8 nitrogen and oxygen atoms in total. The SMILES string of the molecule is COCc1ccc(C(N)C(=O)OC)cc1.COCc1ccc(C(N)C(N)=O)cc1. The third-order valence-electron chi connectivity index (χ3n) is 4.06. The van der Waals surface area contributed by atoms with E-state index in [0.29, 0.717) is 13.2 Å². The fourth-order valence-corrected chi connectivity index (χ4v) is 2.40. The summed E-state index contributed by atoms with van der Waals surface area (Å²) in [6.07, 6.45) is 0. The first-order valence-electron chi connectivity index (χ1n) is 8.87. The number of rotatable bonds is 8. The Labute approximate surface area is 170 Å². The van der Waals surface area contributed by atoms with E-state index in [0.717, 1.165) is 22.3 Å². The predicted octanol–water partition coefficient (Wildman–Crippen LogP) is 1.32. The van der Waals surface area contributed by atoms with Crippen LogP contribution in [0.2, 0.25) is 0 Å². The van der Waals surface area contributed by atoms with E-state index in [9.17, 15) is 9.59 Å². The average molecular weight is 403 g/mol. The minimum Gasteiger partial charge on any atom is -0.468 e. The molecule has 0 aliphatic heterocycles. The van der Waals surface area contributed by atoms with Crippen molar-refractivity contribution in [1.82, 2.24) is 0 Å². The molecule has 29 heavy (non-hydrogen) atoms. The van der Waals surface area contributed by atoms with Crippen LogP contribution in [-0.4, -0.2) is 33.2 Å². The molecule has 158 valence electrons. The minimum atomic E-state index is -0.730. The molecule has 2 rings (SSSR count). The summed E-state index contributed by atoms with van der Waals surface area (Å²) in [5.74, 6) is -0.959. The Morgan fingerprint density at radius 1 is 0.759 bits per heavy atom. The van der Waals surface area contributed by atoms with Crippen molar-refractivity contribution >= 4 is 11.9 Å². The number of primary amides is 1. The second-order valence-electron chi connectivity index (χ2n) is 6.23. The van der Waals surface area contributed by atoms with Gasteiger partial charge in [0.05, 0.1) is 20.3 Å². The number of hydrogen-bond donors (Lipinski definition) is 3. The molecule has 0 aromatic heterocycles. The third-order valence-corrected chi connectivity index (χ3v) is 4.06. The second kappa shape index (κ2) is 12.6. The van der Waals surface area contributed by atoms with E-state index in [4.69, 9.17) is 26.7 Å². The van der Waals surface area contributed by atoms with Crippen LogP contribution < -0.4 is 17.2 Å². The summed E-state index contributed by atoms with van der Waals surface area (Å²) in [4.78, 5) is 21.9. The monoisotopic (exact) mass is 403 g/mol. The molecular weight excluding hydrogens is 374 g/mol. The summed E-state index contributed by atoms with van der Waals surface area (Å²) >= 11 is 0. The largest absolute Gasteiger partial charge is 0.468 e. The highest BCUT2D eigenvalue weighted by molar-refractivity contribution is 5.81. The van der Waals surface area contributed by atoms with E-state index in [-0.39, 0.29) is 0 Å². The van der Waals surface area contributed by atoms with Gasteiger partial charge in [0.15, 0.2) is 0 Å². The van der Waals surface area contributed by atoms with Crippen molar-refractivity contribution in [2.24, 2.45) is 17.2 Å². The zero-order chi connectivity index (χ0) is 21.8. The lowest BCUT2D eigenvalue weighted by molar-refractivity contribution is -0.142. The van der Waals surface area contributed by atoms with Crippen LogP contribution >= 0.6 is 0 Å². The van der Waals surface area contributed by atoms with Gasteiger partial charge in [0.25, 0.3) is 0 Å². The quantitative estimate of drug-likeness (QED) is 0.565. The number of esters is 1. The molecule has 2 aromatic carbocycles. The maximum Gasteiger partial charge on any atom is 0.327 e. The number of nitrogens with two attached hydrogens (primary N) is 3. The lowest BCUT2D eigenvalue weighted by Gasteiger charge is -2.09. The maximum absolute atomic E-state index is 11.2. The maximum atomic E-state index is 11.2. The van der Waals surface area contributed by atoms with E-state index in [1.165, 1.54) is 7.11 Å². The zero-order valence-corrected chi connectivity index (χ0v) is 17.0. The summed E-state index contributed by atoms with van der Waals surface area (Å²) in [5.41, 5.74) is 19.8.